The minimum absolute atomic E-state index is 0.0385. The zero-order valence-electron chi connectivity index (χ0n) is 16.7. The van der Waals surface area contributed by atoms with Crippen molar-refractivity contribution in [3.8, 4) is 5.75 Å². The van der Waals surface area contributed by atoms with Gasteiger partial charge in [0.15, 0.2) is 0 Å². The fourth-order valence-corrected chi connectivity index (χ4v) is 3.23. The molecule has 1 aliphatic heterocycles. The molecule has 2 aromatic rings. The van der Waals surface area contributed by atoms with E-state index in [2.05, 4.69) is 0 Å². The molecule has 2 aromatic carbocycles. The fourth-order valence-electron chi connectivity index (χ4n) is 3.23. The Morgan fingerprint density at radius 3 is 2.48 bits per heavy atom. The average molecular weight is 397 g/mol. The van der Waals surface area contributed by atoms with Crippen LogP contribution in [0.4, 0.5) is 0 Å². The van der Waals surface area contributed by atoms with Crippen LogP contribution in [0.1, 0.15) is 48.6 Å². The van der Waals surface area contributed by atoms with Gasteiger partial charge in [-0.05, 0) is 43.7 Å². The van der Waals surface area contributed by atoms with Crippen LogP contribution in [-0.4, -0.2) is 50.1 Å². The maximum atomic E-state index is 12.6. The molecule has 0 saturated carbocycles. The Bertz CT molecular complexity index is 952. The van der Waals surface area contributed by atoms with Gasteiger partial charge in [0.05, 0.1) is 23.8 Å². The number of amides is 2. The SMILES string of the molecule is COCCCN1C(=O)c2ccc(C(=O)OCc3cc(C)ccc3OC)cc2C1=O. The Hall–Kier alpha value is -3.19. The fraction of sp³-hybridized carbons (Fsp3) is 0.318. The highest BCUT2D eigenvalue weighted by Gasteiger charge is 2.35. The topological polar surface area (TPSA) is 82.1 Å². The number of esters is 1. The van der Waals surface area contributed by atoms with Crippen LogP contribution in [0.25, 0.3) is 0 Å². The lowest BCUT2D eigenvalue weighted by Gasteiger charge is -2.12. The van der Waals surface area contributed by atoms with Crippen LogP contribution in [0.2, 0.25) is 0 Å². The number of hydrogen-bond acceptors (Lipinski definition) is 6. The van der Waals surface area contributed by atoms with Gasteiger partial charge in [0, 0.05) is 25.8 Å². The number of hydrogen-bond donors (Lipinski definition) is 0. The van der Waals surface area contributed by atoms with Gasteiger partial charge in [0.1, 0.15) is 12.4 Å². The summed E-state index contributed by atoms with van der Waals surface area (Å²) in [5.41, 5.74) is 2.50. The van der Waals surface area contributed by atoms with Gasteiger partial charge in [-0.25, -0.2) is 4.79 Å². The van der Waals surface area contributed by atoms with E-state index in [4.69, 9.17) is 14.2 Å². The summed E-state index contributed by atoms with van der Waals surface area (Å²) >= 11 is 0. The molecule has 0 spiro atoms. The zero-order valence-corrected chi connectivity index (χ0v) is 16.7. The van der Waals surface area contributed by atoms with E-state index in [1.54, 1.807) is 14.2 Å². The van der Waals surface area contributed by atoms with E-state index >= 15 is 0 Å². The molecule has 2 amide bonds. The number of imide groups is 1. The van der Waals surface area contributed by atoms with Crippen molar-refractivity contribution in [1.82, 2.24) is 4.90 Å². The molecular formula is C22H23NO6. The minimum atomic E-state index is -0.575. The van der Waals surface area contributed by atoms with E-state index in [1.165, 1.54) is 23.1 Å². The van der Waals surface area contributed by atoms with Crippen molar-refractivity contribution in [3.63, 3.8) is 0 Å². The second kappa shape index (κ2) is 8.87. The van der Waals surface area contributed by atoms with Crippen molar-refractivity contribution < 1.29 is 28.6 Å². The predicted octanol–water partition coefficient (Wildman–Crippen LogP) is 2.99. The lowest BCUT2D eigenvalue weighted by molar-refractivity contribution is 0.0469. The first kappa shape index (κ1) is 20.5. The summed E-state index contributed by atoms with van der Waals surface area (Å²) in [4.78, 5) is 38.7. The molecule has 0 aromatic heterocycles. The third-order valence-electron chi connectivity index (χ3n) is 4.73. The van der Waals surface area contributed by atoms with Crippen LogP contribution in [0.3, 0.4) is 0 Å². The van der Waals surface area contributed by atoms with Gasteiger partial charge < -0.3 is 14.2 Å². The molecule has 0 bridgehead atoms. The Kier molecular flexibility index (Phi) is 6.29. The van der Waals surface area contributed by atoms with Crippen LogP contribution < -0.4 is 4.74 Å². The normalized spacial score (nSPS) is 12.9. The molecule has 7 heteroatoms. The van der Waals surface area contributed by atoms with Crippen molar-refractivity contribution in [2.75, 3.05) is 27.4 Å². The molecule has 0 atom stereocenters. The Labute approximate surface area is 169 Å². The number of carbonyl (C=O) groups is 3. The van der Waals surface area contributed by atoms with Crippen LogP contribution in [0.15, 0.2) is 36.4 Å². The van der Waals surface area contributed by atoms with Crippen molar-refractivity contribution in [2.45, 2.75) is 20.0 Å². The van der Waals surface area contributed by atoms with E-state index in [0.717, 1.165) is 11.1 Å². The third-order valence-corrected chi connectivity index (χ3v) is 4.73. The van der Waals surface area contributed by atoms with Gasteiger partial charge >= 0.3 is 5.97 Å². The standard InChI is InChI=1S/C22H23NO6/c1-14-5-8-19(28-3)16(11-14)13-29-22(26)15-6-7-17-18(12-15)21(25)23(20(17)24)9-4-10-27-2/h5-8,11-12H,4,9-10,13H2,1-3H3. The van der Waals surface area contributed by atoms with Crippen molar-refractivity contribution in [2.24, 2.45) is 0 Å². The molecule has 0 radical (unpaired) electrons. The first-order valence-corrected chi connectivity index (χ1v) is 9.26. The third kappa shape index (κ3) is 4.30. The zero-order chi connectivity index (χ0) is 21.0. The van der Waals surface area contributed by atoms with E-state index in [0.29, 0.717) is 24.3 Å². The summed E-state index contributed by atoms with van der Waals surface area (Å²) in [5, 5.41) is 0. The largest absolute Gasteiger partial charge is 0.496 e. The highest BCUT2D eigenvalue weighted by molar-refractivity contribution is 6.21. The smallest absolute Gasteiger partial charge is 0.338 e. The number of ether oxygens (including phenoxy) is 3. The van der Waals surface area contributed by atoms with Crippen molar-refractivity contribution >= 4 is 17.8 Å². The second-order valence-electron chi connectivity index (χ2n) is 6.76. The monoisotopic (exact) mass is 397 g/mol. The second-order valence-corrected chi connectivity index (χ2v) is 6.76. The van der Waals surface area contributed by atoms with Crippen molar-refractivity contribution in [1.29, 1.82) is 0 Å². The summed E-state index contributed by atoms with van der Waals surface area (Å²) in [6.45, 7) is 2.70. The van der Waals surface area contributed by atoms with Crippen molar-refractivity contribution in [3.05, 3.63) is 64.2 Å². The number of benzene rings is 2. The summed E-state index contributed by atoms with van der Waals surface area (Å²) in [6.07, 6.45) is 0.551. The van der Waals surface area contributed by atoms with E-state index < -0.39 is 11.9 Å². The van der Waals surface area contributed by atoms with Gasteiger partial charge in [-0.2, -0.15) is 0 Å². The van der Waals surface area contributed by atoms with E-state index in [-0.39, 0.29) is 30.2 Å². The molecule has 1 heterocycles. The van der Waals surface area contributed by atoms with Gasteiger partial charge in [0.2, 0.25) is 0 Å². The Balaban J connectivity index is 1.72. The molecule has 1 aliphatic rings. The summed E-state index contributed by atoms with van der Waals surface area (Å²) < 4.78 is 15.7. The van der Waals surface area contributed by atoms with Crippen LogP contribution in [0, 0.1) is 6.92 Å². The number of methoxy groups -OCH3 is 2. The highest BCUT2D eigenvalue weighted by atomic mass is 16.5. The molecule has 152 valence electrons. The molecule has 7 nitrogen and oxygen atoms in total. The highest BCUT2D eigenvalue weighted by Crippen LogP contribution is 2.25. The van der Waals surface area contributed by atoms with Gasteiger partial charge in [-0.1, -0.05) is 11.6 Å². The minimum Gasteiger partial charge on any atom is -0.496 e. The maximum absolute atomic E-state index is 12.6. The van der Waals surface area contributed by atoms with Gasteiger partial charge in [-0.15, -0.1) is 0 Å². The summed E-state index contributed by atoms with van der Waals surface area (Å²) in [5.74, 6) is -0.708. The van der Waals surface area contributed by atoms with Crippen LogP contribution >= 0.6 is 0 Å². The number of carbonyl (C=O) groups excluding carboxylic acids is 3. The van der Waals surface area contributed by atoms with Crippen LogP contribution in [-0.2, 0) is 16.1 Å². The molecule has 0 fully saturated rings. The lowest BCUT2D eigenvalue weighted by atomic mass is 10.1. The molecule has 0 saturated heterocycles. The summed E-state index contributed by atoms with van der Waals surface area (Å²) in [7, 11) is 3.12. The Morgan fingerprint density at radius 1 is 1.00 bits per heavy atom. The Morgan fingerprint density at radius 2 is 1.76 bits per heavy atom. The van der Waals surface area contributed by atoms with E-state index in [9.17, 15) is 14.4 Å². The molecule has 3 rings (SSSR count). The lowest BCUT2D eigenvalue weighted by Crippen LogP contribution is -2.31. The molecule has 0 N–H and O–H groups in total. The molecule has 0 unspecified atom stereocenters. The molecule has 29 heavy (non-hydrogen) atoms. The summed E-state index contributed by atoms with van der Waals surface area (Å²) in [6, 6.07) is 10.0. The van der Waals surface area contributed by atoms with Gasteiger partial charge in [0.25, 0.3) is 11.8 Å². The van der Waals surface area contributed by atoms with E-state index in [1.807, 2.05) is 25.1 Å². The molecule has 0 aliphatic carbocycles. The number of nitrogens with zero attached hydrogens (tertiary/aromatic N) is 1. The first-order valence-electron chi connectivity index (χ1n) is 9.26. The van der Waals surface area contributed by atoms with Gasteiger partial charge in [-0.3, -0.25) is 14.5 Å². The van der Waals surface area contributed by atoms with Crippen LogP contribution in [0.5, 0.6) is 5.75 Å². The average Bonchev–Trinajstić information content (AvgIpc) is 2.96. The predicted molar refractivity (Wildman–Crippen MR) is 105 cm³/mol. The molecular weight excluding hydrogens is 374 g/mol. The maximum Gasteiger partial charge on any atom is 0.338 e. The quantitative estimate of drug-likeness (QED) is 0.387. The number of aryl methyl sites for hydroxylation is 1. The first-order chi connectivity index (χ1) is 14.0. The number of rotatable bonds is 8. The number of fused-ring (bicyclic) bond motifs is 1.